The summed E-state index contributed by atoms with van der Waals surface area (Å²) in [6.07, 6.45) is 2.74. The molecule has 0 bridgehead atoms. The molecule has 1 aromatic carbocycles. The summed E-state index contributed by atoms with van der Waals surface area (Å²) in [5, 5.41) is 4.20. The molecule has 1 aliphatic carbocycles. The lowest BCUT2D eigenvalue weighted by molar-refractivity contribution is -0.119. The van der Waals surface area contributed by atoms with Gasteiger partial charge in [-0.05, 0) is 30.8 Å². The first-order valence-corrected chi connectivity index (χ1v) is 8.52. The van der Waals surface area contributed by atoms with Crippen molar-refractivity contribution in [3.05, 3.63) is 35.6 Å². The number of nitrogens with one attached hydrogen (secondary N) is 1. The average molecular weight is 360 g/mol. The second kappa shape index (κ2) is 5.45. The monoisotopic (exact) mass is 360 g/mol. The van der Waals surface area contributed by atoms with Crippen molar-refractivity contribution < 1.29 is 13.6 Å². The number of amides is 1. The van der Waals surface area contributed by atoms with E-state index in [4.69, 9.17) is 5.73 Å². The highest BCUT2D eigenvalue weighted by Crippen LogP contribution is 2.49. The zero-order valence-corrected chi connectivity index (χ0v) is 14.0. The van der Waals surface area contributed by atoms with Gasteiger partial charge < -0.3 is 11.1 Å². The Bertz CT molecular complexity index is 1040. The fraction of sp³-hybridized carbons (Fsp3) is 0.235. The number of carbonyl (C=O) groups excluding carboxylic acids is 1. The fourth-order valence-electron chi connectivity index (χ4n) is 2.80. The van der Waals surface area contributed by atoms with Crippen molar-refractivity contribution in [3.8, 4) is 0 Å². The summed E-state index contributed by atoms with van der Waals surface area (Å²) in [6, 6.07) is 3.63. The second-order valence-corrected chi connectivity index (χ2v) is 6.96. The number of thiazole rings is 1. The van der Waals surface area contributed by atoms with Crippen LogP contribution in [0.4, 0.5) is 14.6 Å². The van der Waals surface area contributed by atoms with Crippen LogP contribution in [-0.2, 0) is 4.79 Å². The van der Waals surface area contributed by atoms with Crippen LogP contribution in [0.1, 0.15) is 18.9 Å². The zero-order valence-electron chi connectivity index (χ0n) is 13.2. The minimum atomic E-state index is -2.90. The molecule has 3 aromatic rings. The normalized spacial score (nSPS) is 19.3. The van der Waals surface area contributed by atoms with Gasteiger partial charge in [0.1, 0.15) is 11.7 Å². The highest BCUT2D eigenvalue weighted by Gasteiger charge is 2.61. The first-order chi connectivity index (χ1) is 11.9. The van der Waals surface area contributed by atoms with Crippen LogP contribution in [0.15, 0.2) is 30.0 Å². The lowest BCUT2D eigenvalue weighted by Crippen LogP contribution is -2.18. The lowest BCUT2D eigenvalue weighted by atomic mass is 10.0. The third kappa shape index (κ3) is 2.62. The predicted octanol–water partition coefficient (Wildman–Crippen LogP) is 3.76. The van der Waals surface area contributed by atoms with Crippen molar-refractivity contribution in [2.45, 2.75) is 19.3 Å². The van der Waals surface area contributed by atoms with Gasteiger partial charge in [0.2, 0.25) is 5.91 Å². The first kappa shape index (κ1) is 15.9. The number of hydrogen-bond donors (Lipinski definition) is 2. The maximum atomic E-state index is 13.0. The van der Waals surface area contributed by atoms with Gasteiger partial charge in [-0.2, -0.15) is 0 Å². The van der Waals surface area contributed by atoms with Gasteiger partial charge in [-0.15, -0.1) is 11.3 Å². The summed E-state index contributed by atoms with van der Waals surface area (Å²) in [5.74, 6) is -4.59. The van der Waals surface area contributed by atoms with E-state index in [0.29, 0.717) is 0 Å². The quantitative estimate of drug-likeness (QED) is 0.745. The number of rotatable bonds is 3. The van der Waals surface area contributed by atoms with E-state index in [0.717, 1.165) is 32.1 Å². The molecule has 1 amide bonds. The molecule has 1 unspecified atom stereocenters. The van der Waals surface area contributed by atoms with Crippen molar-refractivity contribution in [2.75, 3.05) is 5.32 Å². The standard InChI is InChI=1S/C17H14F2N4OS/c1-8(5-20)10-2-9-6-21-13(23-16(24)12-4-17(12,18)19)3-11(9)15-14(10)22-7-25-15/h2-3,5-7,12H,4,20H2,1H3,(H,21,23,24)/b8-5+. The number of benzene rings is 1. The molecule has 4 rings (SSSR count). The molecule has 1 aliphatic rings. The van der Waals surface area contributed by atoms with Crippen molar-refractivity contribution in [2.24, 2.45) is 11.7 Å². The molecule has 8 heteroatoms. The topological polar surface area (TPSA) is 80.9 Å². The number of anilines is 1. The second-order valence-electron chi connectivity index (χ2n) is 6.10. The molecular weight excluding hydrogens is 346 g/mol. The molecule has 0 radical (unpaired) electrons. The van der Waals surface area contributed by atoms with E-state index in [2.05, 4.69) is 15.3 Å². The van der Waals surface area contributed by atoms with E-state index in [1.54, 1.807) is 17.8 Å². The maximum absolute atomic E-state index is 13.0. The van der Waals surface area contributed by atoms with Crippen LogP contribution >= 0.6 is 11.3 Å². The summed E-state index contributed by atoms with van der Waals surface area (Å²) >= 11 is 1.47. The summed E-state index contributed by atoms with van der Waals surface area (Å²) in [4.78, 5) is 20.4. The van der Waals surface area contributed by atoms with Gasteiger partial charge in [-0.1, -0.05) is 0 Å². The van der Waals surface area contributed by atoms with E-state index in [1.807, 2.05) is 13.0 Å². The molecular formula is C17H14F2N4OS. The number of hydrogen-bond acceptors (Lipinski definition) is 5. The molecule has 1 atom stereocenters. The van der Waals surface area contributed by atoms with Gasteiger partial charge in [-0.25, -0.2) is 18.7 Å². The molecule has 2 heterocycles. The average Bonchev–Trinajstić information content (AvgIpc) is 3.00. The molecule has 1 fully saturated rings. The number of pyridine rings is 1. The number of fused-ring (bicyclic) bond motifs is 3. The molecule has 1 saturated carbocycles. The highest BCUT2D eigenvalue weighted by atomic mass is 32.1. The zero-order chi connectivity index (χ0) is 17.8. The minimum absolute atomic E-state index is 0.258. The number of halogens is 2. The van der Waals surface area contributed by atoms with Crippen LogP contribution < -0.4 is 11.1 Å². The molecule has 0 saturated heterocycles. The van der Waals surface area contributed by atoms with Gasteiger partial charge in [0, 0.05) is 29.0 Å². The van der Waals surface area contributed by atoms with E-state index in [9.17, 15) is 13.6 Å². The van der Waals surface area contributed by atoms with Crippen LogP contribution in [0, 0.1) is 5.92 Å². The fourth-order valence-corrected chi connectivity index (χ4v) is 3.64. The Morgan fingerprint density at radius 2 is 2.20 bits per heavy atom. The number of aromatic nitrogens is 2. The Kier molecular flexibility index (Phi) is 3.47. The Morgan fingerprint density at radius 1 is 1.44 bits per heavy atom. The number of nitrogens with two attached hydrogens (primary N) is 1. The predicted molar refractivity (Wildman–Crippen MR) is 94.4 cm³/mol. The third-order valence-electron chi connectivity index (χ3n) is 4.37. The molecule has 0 spiro atoms. The van der Waals surface area contributed by atoms with Crippen LogP contribution in [0.2, 0.25) is 0 Å². The molecule has 3 N–H and O–H groups in total. The maximum Gasteiger partial charge on any atom is 0.260 e. The van der Waals surface area contributed by atoms with Crippen LogP contribution in [0.3, 0.4) is 0 Å². The molecule has 2 aromatic heterocycles. The smallest absolute Gasteiger partial charge is 0.260 e. The molecule has 25 heavy (non-hydrogen) atoms. The van der Waals surface area contributed by atoms with Crippen molar-refractivity contribution in [1.29, 1.82) is 0 Å². The van der Waals surface area contributed by atoms with E-state index >= 15 is 0 Å². The van der Waals surface area contributed by atoms with Crippen molar-refractivity contribution in [1.82, 2.24) is 9.97 Å². The van der Waals surface area contributed by atoms with Gasteiger partial charge in [0.05, 0.1) is 15.7 Å². The summed E-state index contributed by atoms with van der Waals surface area (Å²) in [5.41, 5.74) is 10.00. The summed E-state index contributed by atoms with van der Waals surface area (Å²) < 4.78 is 27.0. The minimum Gasteiger partial charge on any atom is -0.404 e. The van der Waals surface area contributed by atoms with Crippen LogP contribution in [-0.4, -0.2) is 21.8 Å². The third-order valence-corrected chi connectivity index (χ3v) is 5.23. The largest absolute Gasteiger partial charge is 0.404 e. The molecule has 128 valence electrons. The van der Waals surface area contributed by atoms with Gasteiger partial charge in [-0.3, -0.25) is 4.79 Å². The lowest BCUT2D eigenvalue weighted by Gasteiger charge is -2.09. The summed E-state index contributed by atoms with van der Waals surface area (Å²) in [6.45, 7) is 1.90. The number of nitrogens with zero attached hydrogens (tertiary/aromatic N) is 2. The van der Waals surface area contributed by atoms with Crippen molar-refractivity contribution >= 4 is 49.6 Å². The summed E-state index contributed by atoms with van der Waals surface area (Å²) in [7, 11) is 0. The van der Waals surface area contributed by atoms with Crippen LogP contribution in [0.25, 0.3) is 26.6 Å². The van der Waals surface area contributed by atoms with E-state index in [-0.39, 0.29) is 5.82 Å². The van der Waals surface area contributed by atoms with E-state index in [1.165, 1.54) is 17.5 Å². The SMILES string of the molecule is C/C(=C\N)c1cc2cnc(NC(=O)C3CC3(F)F)cc2c2scnc12. The number of allylic oxidation sites excluding steroid dienone is 1. The Labute approximate surface area is 145 Å². The Morgan fingerprint density at radius 3 is 2.88 bits per heavy atom. The first-order valence-electron chi connectivity index (χ1n) is 7.64. The molecule has 0 aliphatic heterocycles. The van der Waals surface area contributed by atoms with Gasteiger partial charge in [0.15, 0.2) is 0 Å². The van der Waals surface area contributed by atoms with Crippen molar-refractivity contribution in [3.63, 3.8) is 0 Å². The van der Waals surface area contributed by atoms with Gasteiger partial charge >= 0.3 is 0 Å². The Balaban J connectivity index is 1.77. The number of carbonyl (C=O) groups is 1. The highest BCUT2D eigenvalue weighted by molar-refractivity contribution is 7.17. The van der Waals surface area contributed by atoms with Gasteiger partial charge in [0.25, 0.3) is 5.92 Å². The molecule has 5 nitrogen and oxygen atoms in total. The number of alkyl halides is 2. The van der Waals surface area contributed by atoms with Crippen LogP contribution in [0.5, 0.6) is 0 Å². The van der Waals surface area contributed by atoms with E-state index < -0.39 is 24.2 Å². The Hall–Kier alpha value is -2.61.